The highest BCUT2D eigenvalue weighted by atomic mass is 19.4. The number of hydrogen-bond acceptors (Lipinski definition) is 2. The third-order valence-corrected chi connectivity index (χ3v) is 2.41. The third kappa shape index (κ3) is 5.08. The van der Waals surface area contributed by atoms with Gasteiger partial charge in [0, 0.05) is 12.8 Å². The summed E-state index contributed by atoms with van der Waals surface area (Å²) in [7, 11) is 1.49. The average Bonchev–Trinajstić information content (AvgIpc) is 2.26. The van der Waals surface area contributed by atoms with Gasteiger partial charge in [-0.15, -0.1) is 0 Å². The largest absolute Gasteiger partial charge is 0.496 e. The van der Waals surface area contributed by atoms with Gasteiger partial charge in [0.05, 0.1) is 13.2 Å². The first-order valence-corrected chi connectivity index (χ1v) is 5.29. The molecule has 5 heteroatoms. The lowest BCUT2D eigenvalue weighted by atomic mass is 10.0. The predicted octanol–water partition coefficient (Wildman–Crippen LogP) is 2.94. The molecule has 1 N–H and O–H groups in total. The van der Waals surface area contributed by atoms with Gasteiger partial charge in [-0.3, -0.25) is 0 Å². The Labute approximate surface area is 98.0 Å². The van der Waals surface area contributed by atoms with Crippen LogP contribution in [0.3, 0.4) is 0 Å². The molecule has 96 valence electrons. The lowest BCUT2D eigenvalue weighted by Crippen LogP contribution is -2.16. The molecule has 0 heterocycles. The van der Waals surface area contributed by atoms with Gasteiger partial charge >= 0.3 is 6.18 Å². The van der Waals surface area contributed by atoms with E-state index >= 15 is 0 Å². The molecule has 0 bridgehead atoms. The van der Waals surface area contributed by atoms with Gasteiger partial charge in [0.1, 0.15) is 5.75 Å². The van der Waals surface area contributed by atoms with Crippen LogP contribution in [0.4, 0.5) is 13.2 Å². The van der Waals surface area contributed by atoms with E-state index in [1.54, 1.807) is 24.3 Å². The van der Waals surface area contributed by atoms with Crippen LogP contribution in [0.15, 0.2) is 24.3 Å². The van der Waals surface area contributed by atoms with E-state index in [9.17, 15) is 18.3 Å². The first-order chi connectivity index (χ1) is 7.92. The van der Waals surface area contributed by atoms with Gasteiger partial charge in [0.2, 0.25) is 0 Å². The van der Waals surface area contributed by atoms with E-state index in [-0.39, 0.29) is 12.8 Å². The van der Waals surface area contributed by atoms with Crippen LogP contribution in [-0.4, -0.2) is 24.5 Å². The molecule has 17 heavy (non-hydrogen) atoms. The van der Waals surface area contributed by atoms with Crippen LogP contribution in [0, 0.1) is 0 Å². The lowest BCUT2D eigenvalue weighted by molar-refractivity contribution is -0.139. The van der Waals surface area contributed by atoms with E-state index < -0.39 is 18.7 Å². The van der Waals surface area contributed by atoms with Crippen molar-refractivity contribution < 1.29 is 23.0 Å². The van der Waals surface area contributed by atoms with Crippen molar-refractivity contribution in [3.63, 3.8) is 0 Å². The molecule has 1 atom stereocenters. The molecule has 1 unspecified atom stereocenters. The molecule has 0 aliphatic rings. The number of aliphatic hydroxyl groups is 1. The van der Waals surface area contributed by atoms with Crippen molar-refractivity contribution >= 4 is 0 Å². The van der Waals surface area contributed by atoms with Gasteiger partial charge in [-0.1, -0.05) is 18.2 Å². The smallest absolute Gasteiger partial charge is 0.389 e. The van der Waals surface area contributed by atoms with Gasteiger partial charge in [0.25, 0.3) is 0 Å². The van der Waals surface area contributed by atoms with E-state index in [0.29, 0.717) is 11.3 Å². The number of methoxy groups -OCH3 is 1. The van der Waals surface area contributed by atoms with Crippen LogP contribution in [-0.2, 0) is 6.42 Å². The Kier molecular flexibility index (Phi) is 4.81. The zero-order valence-corrected chi connectivity index (χ0v) is 9.50. The molecule has 0 fully saturated rings. The molecule has 1 aromatic carbocycles. The highest BCUT2D eigenvalue weighted by Crippen LogP contribution is 2.25. The highest BCUT2D eigenvalue weighted by Gasteiger charge is 2.28. The van der Waals surface area contributed by atoms with Crippen LogP contribution in [0.5, 0.6) is 5.75 Å². The van der Waals surface area contributed by atoms with Crippen LogP contribution in [0.2, 0.25) is 0 Å². The first kappa shape index (κ1) is 13.8. The van der Waals surface area contributed by atoms with Crippen molar-refractivity contribution in [3.8, 4) is 5.75 Å². The summed E-state index contributed by atoms with van der Waals surface area (Å²) in [4.78, 5) is 0. The topological polar surface area (TPSA) is 29.5 Å². The molecule has 0 aliphatic carbocycles. The number of benzene rings is 1. The van der Waals surface area contributed by atoms with Crippen molar-refractivity contribution in [1.82, 2.24) is 0 Å². The molecule has 0 radical (unpaired) electrons. The number of hydrogen-bond donors (Lipinski definition) is 1. The Morgan fingerprint density at radius 3 is 2.53 bits per heavy atom. The summed E-state index contributed by atoms with van der Waals surface area (Å²) in [5.41, 5.74) is 0.713. The fraction of sp³-hybridized carbons (Fsp3) is 0.500. The van der Waals surface area contributed by atoms with Gasteiger partial charge in [-0.2, -0.15) is 13.2 Å². The van der Waals surface area contributed by atoms with Crippen molar-refractivity contribution in [2.75, 3.05) is 7.11 Å². The van der Waals surface area contributed by atoms with Crippen LogP contribution >= 0.6 is 0 Å². The maximum absolute atomic E-state index is 12.0. The minimum atomic E-state index is -4.22. The summed E-state index contributed by atoms with van der Waals surface area (Å²) in [6.07, 6.45) is -6.32. The Hall–Kier alpha value is -1.23. The minimum absolute atomic E-state index is 0.167. The molecule has 0 amide bonds. The highest BCUT2D eigenvalue weighted by molar-refractivity contribution is 5.33. The van der Waals surface area contributed by atoms with E-state index in [1.807, 2.05) is 0 Å². The number of para-hydroxylation sites is 1. The molecule has 0 saturated carbocycles. The maximum atomic E-state index is 12.0. The Balaban J connectivity index is 2.53. The van der Waals surface area contributed by atoms with Gasteiger partial charge in [-0.25, -0.2) is 0 Å². The van der Waals surface area contributed by atoms with E-state index in [0.717, 1.165) is 0 Å². The molecule has 0 saturated heterocycles. The van der Waals surface area contributed by atoms with Crippen LogP contribution in [0.25, 0.3) is 0 Å². The standard InChI is InChI=1S/C12H15F3O2/c1-17-11-5-3-2-4-9(11)8-10(16)6-7-12(13,14)15/h2-5,10,16H,6-8H2,1H3. The lowest BCUT2D eigenvalue weighted by Gasteiger charge is -2.14. The molecule has 1 aromatic rings. The zero-order chi connectivity index (χ0) is 12.9. The summed E-state index contributed by atoms with van der Waals surface area (Å²) in [6.45, 7) is 0. The summed E-state index contributed by atoms with van der Waals surface area (Å²) in [5.74, 6) is 0.582. The zero-order valence-electron chi connectivity index (χ0n) is 9.50. The SMILES string of the molecule is COc1ccccc1CC(O)CCC(F)(F)F. The summed E-state index contributed by atoms with van der Waals surface area (Å²) >= 11 is 0. The van der Waals surface area contributed by atoms with Crippen LogP contribution in [0.1, 0.15) is 18.4 Å². The second-order valence-electron chi connectivity index (χ2n) is 3.82. The number of ether oxygens (including phenoxy) is 1. The molecular formula is C12H15F3O2. The van der Waals surface area contributed by atoms with Crippen molar-refractivity contribution in [2.45, 2.75) is 31.5 Å². The molecule has 0 aliphatic heterocycles. The second kappa shape index (κ2) is 5.91. The summed E-state index contributed by atoms with van der Waals surface area (Å²) in [5, 5.41) is 9.53. The third-order valence-electron chi connectivity index (χ3n) is 2.41. The van der Waals surface area contributed by atoms with Gasteiger partial charge < -0.3 is 9.84 Å². The summed E-state index contributed by atoms with van der Waals surface area (Å²) in [6, 6.07) is 6.97. The maximum Gasteiger partial charge on any atom is 0.389 e. The quantitative estimate of drug-likeness (QED) is 0.868. The molecular weight excluding hydrogens is 233 g/mol. The average molecular weight is 248 g/mol. The Morgan fingerprint density at radius 1 is 1.29 bits per heavy atom. The normalized spacial score (nSPS) is 13.5. The molecule has 2 nitrogen and oxygen atoms in total. The number of aliphatic hydroxyl groups excluding tert-OH is 1. The second-order valence-corrected chi connectivity index (χ2v) is 3.82. The first-order valence-electron chi connectivity index (χ1n) is 5.29. The molecule has 0 spiro atoms. The molecule has 0 aromatic heterocycles. The monoisotopic (exact) mass is 248 g/mol. The molecule has 1 rings (SSSR count). The van der Waals surface area contributed by atoms with Crippen LogP contribution < -0.4 is 4.74 Å². The number of alkyl halides is 3. The van der Waals surface area contributed by atoms with Gasteiger partial charge in [0.15, 0.2) is 0 Å². The predicted molar refractivity (Wildman–Crippen MR) is 58.0 cm³/mol. The number of halogens is 3. The fourth-order valence-corrected chi connectivity index (χ4v) is 1.56. The summed E-state index contributed by atoms with van der Waals surface area (Å²) < 4.78 is 41.0. The van der Waals surface area contributed by atoms with Gasteiger partial charge in [-0.05, 0) is 18.1 Å². The van der Waals surface area contributed by atoms with E-state index in [4.69, 9.17) is 4.74 Å². The van der Waals surface area contributed by atoms with E-state index in [2.05, 4.69) is 0 Å². The van der Waals surface area contributed by atoms with Crippen molar-refractivity contribution in [3.05, 3.63) is 29.8 Å². The van der Waals surface area contributed by atoms with Crippen molar-refractivity contribution in [2.24, 2.45) is 0 Å². The number of rotatable bonds is 5. The van der Waals surface area contributed by atoms with E-state index in [1.165, 1.54) is 7.11 Å². The Bertz CT molecular complexity index is 350. The Morgan fingerprint density at radius 2 is 1.94 bits per heavy atom. The van der Waals surface area contributed by atoms with Crippen molar-refractivity contribution in [1.29, 1.82) is 0 Å². The minimum Gasteiger partial charge on any atom is -0.496 e. The fourth-order valence-electron chi connectivity index (χ4n) is 1.56.